The number of amides is 1. The van der Waals surface area contributed by atoms with Crippen molar-refractivity contribution in [3.63, 3.8) is 0 Å². The maximum atomic E-state index is 13.2. The number of carbonyl (C=O) groups excluding carboxylic acids is 1. The standard InChI is InChI=1S/C20H24BrClN2O3S/c1-3-4-15(2)23-20(25)14-24(13-16-5-9-18(22)10-6-16)28(26,27)19-11-7-17(21)8-12-19/h5-12,15H,3-4,13-14H2,1-2H3,(H,23,25)/t15-/m1/s1. The predicted molar refractivity (Wildman–Crippen MR) is 116 cm³/mol. The van der Waals surface area contributed by atoms with Gasteiger partial charge < -0.3 is 5.32 Å². The quantitative estimate of drug-likeness (QED) is 0.562. The van der Waals surface area contributed by atoms with Gasteiger partial charge in [0.25, 0.3) is 0 Å². The molecule has 2 rings (SSSR count). The SMILES string of the molecule is CCC[C@@H](C)NC(=O)CN(Cc1ccc(Cl)cc1)S(=O)(=O)c1ccc(Br)cc1. The fourth-order valence-corrected chi connectivity index (χ4v) is 4.54. The Kier molecular flexibility index (Phi) is 8.49. The molecule has 0 bridgehead atoms. The fraction of sp³-hybridized carbons (Fsp3) is 0.350. The Morgan fingerprint density at radius 2 is 1.75 bits per heavy atom. The van der Waals surface area contributed by atoms with Crippen molar-refractivity contribution in [2.45, 2.75) is 44.2 Å². The number of carbonyl (C=O) groups is 1. The van der Waals surface area contributed by atoms with Crippen molar-refractivity contribution in [2.24, 2.45) is 0 Å². The summed E-state index contributed by atoms with van der Waals surface area (Å²) < 4.78 is 28.3. The molecule has 8 heteroatoms. The molecule has 0 heterocycles. The van der Waals surface area contributed by atoms with E-state index in [-0.39, 0.29) is 29.9 Å². The van der Waals surface area contributed by atoms with Crippen molar-refractivity contribution in [1.82, 2.24) is 9.62 Å². The molecule has 0 aliphatic carbocycles. The summed E-state index contributed by atoms with van der Waals surface area (Å²) in [6.45, 7) is 3.77. The van der Waals surface area contributed by atoms with Gasteiger partial charge >= 0.3 is 0 Å². The summed E-state index contributed by atoms with van der Waals surface area (Å²) in [5, 5.41) is 3.43. The van der Waals surface area contributed by atoms with Crippen LogP contribution in [-0.4, -0.2) is 31.2 Å². The first kappa shape index (κ1) is 22.9. The van der Waals surface area contributed by atoms with Crippen LogP contribution in [0.25, 0.3) is 0 Å². The van der Waals surface area contributed by atoms with Gasteiger partial charge in [0.15, 0.2) is 0 Å². The van der Waals surface area contributed by atoms with Crippen LogP contribution in [-0.2, 0) is 21.4 Å². The van der Waals surface area contributed by atoms with E-state index in [2.05, 4.69) is 21.2 Å². The van der Waals surface area contributed by atoms with Crippen LogP contribution in [0.2, 0.25) is 5.02 Å². The van der Waals surface area contributed by atoms with E-state index in [1.165, 1.54) is 16.4 Å². The minimum absolute atomic E-state index is 0.00901. The van der Waals surface area contributed by atoms with Gasteiger partial charge in [-0.3, -0.25) is 4.79 Å². The lowest BCUT2D eigenvalue weighted by Gasteiger charge is -2.23. The molecule has 1 amide bonds. The Labute approximate surface area is 180 Å². The molecule has 0 radical (unpaired) electrons. The van der Waals surface area contributed by atoms with Crippen molar-refractivity contribution < 1.29 is 13.2 Å². The summed E-state index contributed by atoms with van der Waals surface area (Å²) in [7, 11) is -3.85. The van der Waals surface area contributed by atoms with E-state index in [0.29, 0.717) is 5.02 Å². The highest BCUT2D eigenvalue weighted by Gasteiger charge is 2.27. The molecule has 0 saturated carbocycles. The van der Waals surface area contributed by atoms with E-state index in [1.807, 2.05) is 13.8 Å². The first-order chi connectivity index (χ1) is 13.2. The fourth-order valence-electron chi connectivity index (χ4n) is 2.76. The third-order valence-corrected chi connectivity index (χ3v) is 6.76. The zero-order valence-corrected chi connectivity index (χ0v) is 19.0. The third kappa shape index (κ3) is 6.58. The largest absolute Gasteiger partial charge is 0.353 e. The van der Waals surface area contributed by atoms with Crippen LogP contribution in [0, 0.1) is 0 Å². The molecule has 2 aromatic carbocycles. The highest BCUT2D eigenvalue weighted by molar-refractivity contribution is 9.10. The Morgan fingerprint density at radius 3 is 2.32 bits per heavy atom. The summed E-state index contributed by atoms with van der Waals surface area (Å²) in [6, 6.07) is 13.3. The second-order valence-corrected chi connectivity index (χ2v) is 9.90. The summed E-state index contributed by atoms with van der Waals surface area (Å²) in [4.78, 5) is 12.6. The molecule has 0 aliphatic heterocycles. The lowest BCUT2D eigenvalue weighted by molar-refractivity contribution is -0.122. The van der Waals surface area contributed by atoms with Crippen LogP contribution in [0.4, 0.5) is 0 Å². The molecule has 28 heavy (non-hydrogen) atoms. The summed E-state index contributed by atoms with van der Waals surface area (Å²) in [5.41, 5.74) is 0.750. The van der Waals surface area contributed by atoms with E-state index < -0.39 is 10.0 Å². The predicted octanol–water partition coefficient (Wildman–Crippen LogP) is 4.60. The number of halogens is 2. The van der Waals surface area contributed by atoms with Crippen molar-refractivity contribution in [1.29, 1.82) is 0 Å². The Hall–Kier alpha value is -1.41. The third-order valence-electron chi connectivity index (χ3n) is 4.17. The van der Waals surface area contributed by atoms with Gasteiger partial charge in [-0.05, 0) is 55.3 Å². The number of hydrogen-bond acceptors (Lipinski definition) is 3. The van der Waals surface area contributed by atoms with Gasteiger partial charge in [-0.15, -0.1) is 0 Å². The number of benzene rings is 2. The maximum Gasteiger partial charge on any atom is 0.243 e. The zero-order chi connectivity index (χ0) is 20.7. The van der Waals surface area contributed by atoms with E-state index in [9.17, 15) is 13.2 Å². The Balaban J connectivity index is 2.27. The molecule has 1 atom stereocenters. The van der Waals surface area contributed by atoms with Crippen LogP contribution in [0.5, 0.6) is 0 Å². The summed E-state index contributed by atoms with van der Waals surface area (Å²) in [5.74, 6) is -0.324. The normalized spacial score (nSPS) is 12.8. The van der Waals surface area contributed by atoms with Crippen molar-refractivity contribution in [3.8, 4) is 0 Å². The first-order valence-electron chi connectivity index (χ1n) is 9.02. The topological polar surface area (TPSA) is 66.5 Å². The van der Waals surface area contributed by atoms with Gasteiger partial charge in [-0.2, -0.15) is 4.31 Å². The van der Waals surface area contributed by atoms with E-state index in [0.717, 1.165) is 22.9 Å². The van der Waals surface area contributed by atoms with Crippen LogP contribution in [0.3, 0.4) is 0 Å². The number of nitrogens with zero attached hydrogens (tertiary/aromatic N) is 1. The number of hydrogen-bond donors (Lipinski definition) is 1. The second kappa shape index (κ2) is 10.4. The van der Waals surface area contributed by atoms with E-state index >= 15 is 0 Å². The smallest absolute Gasteiger partial charge is 0.243 e. The molecule has 1 N–H and O–H groups in total. The molecule has 0 fully saturated rings. The summed E-state index contributed by atoms with van der Waals surface area (Å²) >= 11 is 9.23. The molecule has 0 unspecified atom stereocenters. The molecule has 152 valence electrons. The lowest BCUT2D eigenvalue weighted by Crippen LogP contribution is -2.43. The highest BCUT2D eigenvalue weighted by atomic mass is 79.9. The zero-order valence-electron chi connectivity index (χ0n) is 15.9. The molecule has 5 nitrogen and oxygen atoms in total. The number of sulfonamides is 1. The average Bonchev–Trinajstić information content (AvgIpc) is 2.63. The van der Waals surface area contributed by atoms with Crippen molar-refractivity contribution in [3.05, 3.63) is 63.6 Å². The van der Waals surface area contributed by atoms with Gasteiger partial charge in [0.05, 0.1) is 11.4 Å². The molecular weight excluding hydrogens is 464 g/mol. The monoisotopic (exact) mass is 486 g/mol. The molecule has 0 aliphatic rings. The maximum absolute atomic E-state index is 13.2. The van der Waals surface area contributed by atoms with E-state index in [1.54, 1.807) is 36.4 Å². The minimum atomic E-state index is -3.85. The van der Waals surface area contributed by atoms with Crippen molar-refractivity contribution >= 4 is 43.5 Å². The van der Waals surface area contributed by atoms with Gasteiger partial charge in [-0.1, -0.05) is 53.0 Å². The molecule has 2 aromatic rings. The molecule has 0 aromatic heterocycles. The lowest BCUT2D eigenvalue weighted by atomic mass is 10.2. The molecular formula is C20H24BrClN2O3S. The van der Waals surface area contributed by atoms with Gasteiger partial charge in [0, 0.05) is 22.1 Å². The number of nitrogens with one attached hydrogen (secondary N) is 1. The van der Waals surface area contributed by atoms with Crippen LogP contribution in [0.15, 0.2) is 57.9 Å². The van der Waals surface area contributed by atoms with Crippen LogP contribution < -0.4 is 5.32 Å². The van der Waals surface area contributed by atoms with Crippen LogP contribution in [0.1, 0.15) is 32.3 Å². The summed E-state index contributed by atoms with van der Waals surface area (Å²) in [6.07, 6.45) is 1.77. The average molecular weight is 488 g/mol. The van der Waals surface area contributed by atoms with Gasteiger partial charge in [0.2, 0.25) is 15.9 Å². The molecule has 0 spiro atoms. The van der Waals surface area contributed by atoms with Crippen molar-refractivity contribution in [2.75, 3.05) is 6.54 Å². The van der Waals surface area contributed by atoms with Crippen LogP contribution >= 0.6 is 27.5 Å². The van der Waals surface area contributed by atoms with Gasteiger partial charge in [-0.25, -0.2) is 8.42 Å². The first-order valence-corrected chi connectivity index (χ1v) is 11.6. The minimum Gasteiger partial charge on any atom is -0.353 e. The number of rotatable bonds is 9. The Morgan fingerprint density at radius 1 is 1.14 bits per heavy atom. The second-order valence-electron chi connectivity index (χ2n) is 6.61. The van der Waals surface area contributed by atoms with E-state index in [4.69, 9.17) is 11.6 Å². The Bertz CT molecular complexity index is 887. The van der Waals surface area contributed by atoms with Gasteiger partial charge in [0.1, 0.15) is 0 Å². The highest BCUT2D eigenvalue weighted by Crippen LogP contribution is 2.21. The molecule has 0 saturated heterocycles.